The quantitative estimate of drug-likeness (QED) is 0.670. The van der Waals surface area contributed by atoms with E-state index in [4.69, 9.17) is 9.84 Å². The summed E-state index contributed by atoms with van der Waals surface area (Å²) in [5, 5.41) is 11.6. The van der Waals surface area contributed by atoms with E-state index in [1.165, 1.54) is 10.6 Å². The molecule has 0 spiro atoms. The number of carbonyl (C=O) groups is 2. The van der Waals surface area contributed by atoms with Crippen LogP contribution in [0.4, 0.5) is 0 Å². The van der Waals surface area contributed by atoms with Crippen LogP contribution in [-0.2, 0) is 16.1 Å². The van der Waals surface area contributed by atoms with Crippen LogP contribution in [0.5, 0.6) is 0 Å². The van der Waals surface area contributed by atoms with Crippen molar-refractivity contribution in [3.8, 4) is 0 Å². The van der Waals surface area contributed by atoms with Crippen LogP contribution in [0.25, 0.3) is 0 Å². The van der Waals surface area contributed by atoms with Crippen molar-refractivity contribution in [1.82, 2.24) is 9.88 Å². The fourth-order valence-electron chi connectivity index (χ4n) is 1.50. The first-order valence-electron chi connectivity index (χ1n) is 5.88. The van der Waals surface area contributed by atoms with Crippen molar-refractivity contribution in [2.45, 2.75) is 19.9 Å². The van der Waals surface area contributed by atoms with Crippen LogP contribution < -0.4 is 5.32 Å². The highest BCUT2D eigenvalue weighted by Crippen LogP contribution is 2.01. The Kier molecular flexibility index (Phi) is 5.93. The number of carboxylic acids is 1. The minimum atomic E-state index is -1.04. The first-order chi connectivity index (χ1) is 8.65. The SMILES string of the molecule is CCOCCCNC(=O)Cn1cccc1C(=O)O. The van der Waals surface area contributed by atoms with Crippen molar-refractivity contribution in [3.05, 3.63) is 24.0 Å². The molecule has 0 saturated heterocycles. The van der Waals surface area contributed by atoms with Crippen LogP contribution in [-0.4, -0.2) is 41.3 Å². The number of carboxylic acid groups (broad SMARTS) is 1. The third-order valence-corrected chi connectivity index (χ3v) is 2.35. The Morgan fingerprint density at radius 3 is 2.94 bits per heavy atom. The topological polar surface area (TPSA) is 80.6 Å². The normalized spacial score (nSPS) is 10.3. The van der Waals surface area contributed by atoms with Gasteiger partial charge in [0.1, 0.15) is 12.2 Å². The molecule has 0 fully saturated rings. The highest BCUT2D eigenvalue weighted by molar-refractivity contribution is 5.86. The van der Waals surface area contributed by atoms with E-state index in [1.807, 2.05) is 6.92 Å². The zero-order valence-electron chi connectivity index (χ0n) is 10.4. The lowest BCUT2D eigenvalue weighted by atomic mass is 10.4. The number of aromatic nitrogens is 1. The highest BCUT2D eigenvalue weighted by Gasteiger charge is 2.10. The summed E-state index contributed by atoms with van der Waals surface area (Å²) < 4.78 is 6.54. The summed E-state index contributed by atoms with van der Waals surface area (Å²) in [5.74, 6) is -1.24. The van der Waals surface area contributed by atoms with Gasteiger partial charge in [-0.05, 0) is 25.5 Å². The van der Waals surface area contributed by atoms with Crippen molar-refractivity contribution in [2.24, 2.45) is 0 Å². The maximum absolute atomic E-state index is 11.6. The Morgan fingerprint density at radius 1 is 1.50 bits per heavy atom. The van der Waals surface area contributed by atoms with Gasteiger partial charge in [-0.2, -0.15) is 0 Å². The van der Waals surface area contributed by atoms with Gasteiger partial charge in [0.05, 0.1) is 0 Å². The molecule has 1 aromatic rings. The second-order valence-corrected chi connectivity index (χ2v) is 3.73. The Hall–Kier alpha value is -1.82. The lowest BCUT2D eigenvalue weighted by Gasteiger charge is -2.07. The van der Waals surface area contributed by atoms with E-state index in [9.17, 15) is 9.59 Å². The minimum Gasteiger partial charge on any atom is -0.477 e. The van der Waals surface area contributed by atoms with Crippen molar-refractivity contribution in [1.29, 1.82) is 0 Å². The molecule has 0 radical (unpaired) electrons. The predicted molar refractivity (Wildman–Crippen MR) is 65.5 cm³/mol. The third kappa shape index (κ3) is 4.58. The van der Waals surface area contributed by atoms with E-state index in [1.54, 1.807) is 12.3 Å². The monoisotopic (exact) mass is 254 g/mol. The smallest absolute Gasteiger partial charge is 0.352 e. The average Bonchev–Trinajstić information content (AvgIpc) is 2.77. The van der Waals surface area contributed by atoms with Crippen LogP contribution in [0.1, 0.15) is 23.8 Å². The van der Waals surface area contributed by atoms with Crippen molar-refractivity contribution in [2.75, 3.05) is 19.8 Å². The Bertz CT molecular complexity index is 401. The standard InChI is InChI=1S/C12H18N2O4/c1-2-18-8-4-6-13-11(15)9-14-7-3-5-10(14)12(16)17/h3,5,7H,2,4,6,8-9H2,1H3,(H,13,15)(H,16,17). The van der Waals surface area contributed by atoms with Crippen LogP contribution in [0.2, 0.25) is 0 Å². The second-order valence-electron chi connectivity index (χ2n) is 3.73. The fourth-order valence-corrected chi connectivity index (χ4v) is 1.50. The Labute approximate surface area is 106 Å². The number of nitrogens with one attached hydrogen (secondary N) is 1. The zero-order valence-corrected chi connectivity index (χ0v) is 10.4. The zero-order chi connectivity index (χ0) is 13.4. The second kappa shape index (κ2) is 7.50. The molecular formula is C12H18N2O4. The molecule has 100 valence electrons. The summed E-state index contributed by atoms with van der Waals surface area (Å²) in [6, 6.07) is 3.07. The molecule has 0 aliphatic heterocycles. The van der Waals surface area contributed by atoms with Gasteiger partial charge < -0.3 is 19.7 Å². The van der Waals surface area contributed by atoms with Crippen molar-refractivity contribution >= 4 is 11.9 Å². The van der Waals surface area contributed by atoms with Crippen LogP contribution in [0.15, 0.2) is 18.3 Å². The molecule has 6 heteroatoms. The van der Waals surface area contributed by atoms with Crippen LogP contribution >= 0.6 is 0 Å². The number of aromatic carboxylic acids is 1. The molecule has 1 rings (SSSR count). The van der Waals surface area contributed by atoms with Gasteiger partial charge in [-0.1, -0.05) is 0 Å². The third-order valence-electron chi connectivity index (χ3n) is 2.35. The van der Waals surface area contributed by atoms with E-state index >= 15 is 0 Å². The molecule has 0 atom stereocenters. The predicted octanol–water partition coefficient (Wildman–Crippen LogP) is 0.729. The lowest BCUT2D eigenvalue weighted by Crippen LogP contribution is -2.29. The summed E-state index contributed by atoms with van der Waals surface area (Å²) in [5.41, 5.74) is 0.111. The largest absolute Gasteiger partial charge is 0.477 e. The first kappa shape index (κ1) is 14.2. The van der Waals surface area contributed by atoms with Gasteiger partial charge in [-0.25, -0.2) is 4.79 Å². The number of ether oxygens (including phenoxy) is 1. The van der Waals surface area contributed by atoms with Gasteiger partial charge in [0.2, 0.25) is 5.91 Å². The van der Waals surface area contributed by atoms with Gasteiger partial charge in [0.25, 0.3) is 0 Å². The maximum atomic E-state index is 11.6. The molecule has 2 N–H and O–H groups in total. The highest BCUT2D eigenvalue weighted by atomic mass is 16.5. The van der Waals surface area contributed by atoms with Gasteiger partial charge in [0, 0.05) is 26.0 Å². The molecule has 0 aliphatic rings. The number of hydrogen-bond acceptors (Lipinski definition) is 3. The number of rotatable bonds is 8. The number of nitrogens with zero attached hydrogens (tertiary/aromatic N) is 1. The summed E-state index contributed by atoms with van der Waals surface area (Å²) in [7, 11) is 0. The maximum Gasteiger partial charge on any atom is 0.352 e. The van der Waals surface area contributed by atoms with E-state index < -0.39 is 5.97 Å². The van der Waals surface area contributed by atoms with Gasteiger partial charge in [-0.3, -0.25) is 4.79 Å². The van der Waals surface area contributed by atoms with E-state index in [2.05, 4.69) is 5.32 Å². The number of amides is 1. The van der Waals surface area contributed by atoms with Crippen LogP contribution in [0.3, 0.4) is 0 Å². The minimum absolute atomic E-state index is 0.0171. The average molecular weight is 254 g/mol. The molecule has 18 heavy (non-hydrogen) atoms. The summed E-state index contributed by atoms with van der Waals surface area (Å²) >= 11 is 0. The first-order valence-corrected chi connectivity index (χ1v) is 5.88. The molecule has 0 unspecified atom stereocenters. The summed E-state index contributed by atoms with van der Waals surface area (Å²) in [6.45, 7) is 3.74. The van der Waals surface area contributed by atoms with Crippen LogP contribution in [0, 0.1) is 0 Å². The molecule has 0 aliphatic carbocycles. The van der Waals surface area contributed by atoms with Gasteiger partial charge >= 0.3 is 5.97 Å². The lowest BCUT2D eigenvalue weighted by molar-refractivity contribution is -0.121. The van der Waals surface area contributed by atoms with Crippen molar-refractivity contribution in [3.63, 3.8) is 0 Å². The molecule has 0 bridgehead atoms. The summed E-state index contributed by atoms with van der Waals surface area (Å²) in [6.07, 6.45) is 2.32. The van der Waals surface area contributed by atoms with Crippen molar-refractivity contribution < 1.29 is 19.4 Å². The number of carbonyl (C=O) groups excluding carboxylic acids is 1. The van der Waals surface area contributed by atoms with E-state index in [0.717, 1.165) is 6.42 Å². The molecule has 1 heterocycles. The Balaban J connectivity index is 2.31. The molecule has 1 amide bonds. The van der Waals surface area contributed by atoms with E-state index in [0.29, 0.717) is 19.8 Å². The molecule has 0 saturated carbocycles. The van der Waals surface area contributed by atoms with E-state index in [-0.39, 0.29) is 18.1 Å². The van der Waals surface area contributed by atoms with Gasteiger partial charge in [-0.15, -0.1) is 0 Å². The fraction of sp³-hybridized carbons (Fsp3) is 0.500. The van der Waals surface area contributed by atoms with Gasteiger partial charge in [0.15, 0.2) is 0 Å². The molecular weight excluding hydrogens is 236 g/mol. The molecule has 0 aromatic carbocycles. The Morgan fingerprint density at radius 2 is 2.28 bits per heavy atom. The molecule has 6 nitrogen and oxygen atoms in total. The summed E-state index contributed by atoms with van der Waals surface area (Å²) in [4.78, 5) is 22.4. The molecule has 1 aromatic heterocycles. The number of hydrogen-bond donors (Lipinski definition) is 2.